The Kier molecular flexibility index (Phi) is 4.16. The number of nitriles is 1. The Bertz CT molecular complexity index is 623. The summed E-state index contributed by atoms with van der Waals surface area (Å²) in [6.07, 6.45) is 6.33. The van der Waals surface area contributed by atoms with Crippen molar-refractivity contribution in [3.05, 3.63) is 11.5 Å². The third-order valence-electron chi connectivity index (χ3n) is 4.55. The Labute approximate surface area is 134 Å². The quantitative estimate of drug-likeness (QED) is 0.782. The molecule has 0 saturated heterocycles. The van der Waals surface area contributed by atoms with Crippen molar-refractivity contribution in [3.8, 4) is 6.07 Å². The Hall–Kier alpha value is -1.87. The average molecular weight is 320 g/mol. The smallest absolute Gasteiger partial charge is 0.232 e. The molecule has 2 heterocycles. The molecule has 22 heavy (non-hydrogen) atoms. The van der Waals surface area contributed by atoms with Crippen LogP contribution < -0.4 is 9.80 Å². The molecule has 0 aromatic carbocycles. The van der Waals surface area contributed by atoms with Gasteiger partial charge in [0.15, 0.2) is 5.82 Å². The van der Waals surface area contributed by atoms with Crippen LogP contribution >= 0.6 is 11.6 Å². The lowest BCUT2D eigenvalue weighted by atomic mass is 10.0. The van der Waals surface area contributed by atoms with Crippen LogP contribution in [0.2, 0.25) is 5.28 Å². The predicted octanol–water partition coefficient (Wildman–Crippen LogP) is 2.39. The Morgan fingerprint density at radius 1 is 1.45 bits per heavy atom. The van der Waals surface area contributed by atoms with Crippen LogP contribution in [-0.4, -0.2) is 35.5 Å². The zero-order chi connectivity index (χ0) is 15.7. The molecular formula is C15H18ClN5O. The van der Waals surface area contributed by atoms with E-state index in [9.17, 15) is 4.79 Å². The number of amides is 1. The van der Waals surface area contributed by atoms with Crippen molar-refractivity contribution in [1.82, 2.24) is 9.97 Å². The second-order valence-corrected chi connectivity index (χ2v) is 6.23. The van der Waals surface area contributed by atoms with E-state index < -0.39 is 0 Å². The number of fused-ring (bicyclic) bond motifs is 1. The minimum atomic E-state index is -0.344. The molecule has 1 atom stereocenters. The number of rotatable bonds is 2. The lowest BCUT2D eigenvalue weighted by Crippen LogP contribution is -2.39. The molecule has 1 saturated carbocycles. The number of halogens is 1. The van der Waals surface area contributed by atoms with Gasteiger partial charge in [0, 0.05) is 26.1 Å². The zero-order valence-corrected chi connectivity index (χ0v) is 13.3. The lowest BCUT2D eigenvalue weighted by Gasteiger charge is -2.30. The number of aromatic nitrogens is 2. The van der Waals surface area contributed by atoms with Gasteiger partial charge in [-0.05, 0) is 24.4 Å². The second kappa shape index (κ2) is 6.09. The van der Waals surface area contributed by atoms with Crippen molar-refractivity contribution in [3.63, 3.8) is 0 Å². The van der Waals surface area contributed by atoms with Gasteiger partial charge in [0.25, 0.3) is 0 Å². The maximum atomic E-state index is 12.6. The van der Waals surface area contributed by atoms with E-state index >= 15 is 0 Å². The van der Waals surface area contributed by atoms with E-state index in [1.54, 1.807) is 18.1 Å². The van der Waals surface area contributed by atoms with Gasteiger partial charge in [-0.1, -0.05) is 12.8 Å². The second-order valence-electron chi connectivity index (χ2n) is 5.89. The standard InChI is InChI=1S/C15H18ClN5O/c1-20-12-8-18-15(16)19-13(12)21(11-4-2-3-5-11)9-10(6-7-17)14(20)22/h8,10-11H,2-6,9H2,1H3. The summed E-state index contributed by atoms with van der Waals surface area (Å²) < 4.78 is 0. The van der Waals surface area contributed by atoms with E-state index in [1.807, 2.05) is 0 Å². The molecule has 1 unspecified atom stereocenters. The summed E-state index contributed by atoms with van der Waals surface area (Å²) in [5.41, 5.74) is 0.668. The molecule has 2 aliphatic rings. The van der Waals surface area contributed by atoms with Gasteiger partial charge in [-0.3, -0.25) is 4.79 Å². The van der Waals surface area contributed by atoms with Crippen molar-refractivity contribution in [1.29, 1.82) is 5.26 Å². The molecule has 116 valence electrons. The number of carbonyl (C=O) groups is 1. The molecule has 1 aliphatic heterocycles. The third kappa shape index (κ3) is 2.61. The van der Waals surface area contributed by atoms with Gasteiger partial charge in [-0.25, -0.2) is 4.98 Å². The summed E-state index contributed by atoms with van der Waals surface area (Å²) in [6, 6.07) is 2.48. The van der Waals surface area contributed by atoms with E-state index in [1.165, 1.54) is 12.8 Å². The number of nitrogens with zero attached hydrogens (tertiary/aromatic N) is 5. The fourth-order valence-corrected chi connectivity index (χ4v) is 3.52. The van der Waals surface area contributed by atoms with Gasteiger partial charge in [-0.2, -0.15) is 10.2 Å². The minimum Gasteiger partial charge on any atom is -0.351 e. The molecule has 6 nitrogen and oxygen atoms in total. The highest BCUT2D eigenvalue weighted by molar-refractivity contribution is 6.28. The largest absolute Gasteiger partial charge is 0.351 e. The highest BCUT2D eigenvalue weighted by atomic mass is 35.5. The maximum absolute atomic E-state index is 12.6. The number of carbonyl (C=O) groups excluding carboxylic acids is 1. The van der Waals surface area contributed by atoms with Crippen LogP contribution in [-0.2, 0) is 4.79 Å². The van der Waals surface area contributed by atoms with Crippen LogP contribution in [0.15, 0.2) is 6.20 Å². The van der Waals surface area contributed by atoms with Crippen LogP contribution in [0.5, 0.6) is 0 Å². The molecule has 0 N–H and O–H groups in total. The molecule has 1 amide bonds. The van der Waals surface area contributed by atoms with Gasteiger partial charge in [0.1, 0.15) is 5.69 Å². The zero-order valence-electron chi connectivity index (χ0n) is 12.5. The van der Waals surface area contributed by atoms with Gasteiger partial charge in [0.2, 0.25) is 11.2 Å². The molecule has 0 radical (unpaired) electrons. The van der Waals surface area contributed by atoms with Crippen molar-refractivity contribution < 1.29 is 4.79 Å². The fourth-order valence-electron chi connectivity index (χ4n) is 3.39. The van der Waals surface area contributed by atoms with Crippen molar-refractivity contribution >= 4 is 29.0 Å². The molecule has 7 heteroatoms. The summed E-state index contributed by atoms with van der Waals surface area (Å²) in [4.78, 5) is 24.7. The number of hydrogen-bond acceptors (Lipinski definition) is 5. The molecule has 1 aliphatic carbocycles. The van der Waals surface area contributed by atoms with Gasteiger partial charge in [0.05, 0.1) is 18.2 Å². The van der Waals surface area contributed by atoms with Crippen LogP contribution in [0.3, 0.4) is 0 Å². The summed E-state index contributed by atoms with van der Waals surface area (Å²) in [7, 11) is 1.71. The van der Waals surface area contributed by atoms with Crippen LogP contribution in [0.4, 0.5) is 11.5 Å². The molecule has 1 aromatic rings. The van der Waals surface area contributed by atoms with E-state index in [-0.39, 0.29) is 23.5 Å². The third-order valence-corrected chi connectivity index (χ3v) is 4.74. The van der Waals surface area contributed by atoms with Crippen LogP contribution in [0.25, 0.3) is 0 Å². The number of anilines is 2. The molecule has 3 rings (SSSR count). The first-order valence-electron chi connectivity index (χ1n) is 7.55. The summed E-state index contributed by atoms with van der Waals surface area (Å²) in [5, 5.41) is 9.22. The first-order chi connectivity index (χ1) is 10.6. The molecular weight excluding hydrogens is 302 g/mol. The van der Waals surface area contributed by atoms with Crippen LogP contribution in [0.1, 0.15) is 32.1 Å². The van der Waals surface area contributed by atoms with E-state index in [0.29, 0.717) is 24.1 Å². The monoisotopic (exact) mass is 319 g/mol. The number of hydrogen-bond donors (Lipinski definition) is 0. The lowest BCUT2D eigenvalue weighted by molar-refractivity contribution is -0.121. The minimum absolute atomic E-state index is 0.0609. The maximum Gasteiger partial charge on any atom is 0.232 e. The first-order valence-corrected chi connectivity index (χ1v) is 7.93. The summed E-state index contributed by atoms with van der Waals surface area (Å²) in [6.45, 7) is 0.516. The van der Waals surface area contributed by atoms with Gasteiger partial charge >= 0.3 is 0 Å². The van der Waals surface area contributed by atoms with E-state index in [2.05, 4.69) is 20.9 Å². The molecule has 0 bridgehead atoms. The molecule has 1 aromatic heterocycles. The Balaban J connectivity index is 2.06. The van der Waals surface area contributed by atoms with Crippen molar-refractivity contribution in [2.75, 3.05) is 23.4 Å². The van der Waals surface area contributed by atoms with Gasteiger partial charge < -0.3 is 9.80 Å². The predicted molar refractivity (Wildman–Crippen MR) is 83.8 cm³/mol. The average Bonchev–Trinajstić information content (AvgIpc) is 3.01. The first kappa shape index (κ1) is 15.0. The summed E-state index contributed by atoms with van der Waals surface area (Å²) >= 11 is 5.98. The molecule has 0 spiro atoms. The van der Waals surface area contributed by atoms with Gasteiger partial charge in [-0.15, -0.1) is 0 Å². The highest BCUT2D eigenvalue weighted by Gasteiger charge is 2.36. The fraction of sp³-hybridized carbons (Fsp3) is 0.600. The van der Waals surface area contributed by atoms with Crippen molar-refractivity contribution in [2.45, 2.75) is 38.1 Å². The Morgan fingerprint density at radius 3 is 2.86 bits per heavy atom. The van der Waals surface area contributed by atoms with E-state index in [4.69, 9.17) is 16.9 Å². The Morgan fingerprint density at radius 2 is 2.18 bits per heavy atom. The highest BCUT2D eigenvalue weighted by Crippen LogP contribution is 2.37. The molecule has 1 fully saturated rings. The normalized spacial score (nSPS) is 22.4. The van der Waals surface area contributed by atoms with Crippen molar-refractivity contribution in [2.24, 2.45) is 5.92 Å². The SMILES string of the molecule is CN1C(=O)C(CC#N)CN(C2CCCC2)c2nc(Cl)ncc21. The topological polar surface area (TPSA) is 73.1 Å². The summed E-state index contributed by atoms with van der Waals surface area (Å²) in [5.74, 6) is 0.306. The van der Waals surface area contributed by atoms with Crippen LogP contribution in [0, 0.1) is 17.2 Å². The van der Waals surface area contributed by atoms with E-state index in [0.717, 1.165) is 12.8 Å².